The van der Waals surface area contributed by atoms with Crippen molar-refractivity contribution in [3.05, 3.63) is 52.6 Å². The highest BCUT2D eigenvalue weighted by Crippen LogP contribution is 2.30. The molecule has 0 atom stereocenters. The maximum absolute atomic E-state index is 12.4. The average Bonchev–Trinajstić information content (AvgIpc) is 2.95. The smallest absolute Gasteiger partial charge is 0.341 e. The highest BCUT2D eigenvalue weighted by atomic mass is 32.2. The molecule has 0 aliphatic heterocycles. The molecule has 0 saturated carbocycles. The van der Waals surface area contributed by atoms with Gasteiger partial charge >= 0.3 is 15.8 Å². The second kappa shape index (κ2) is 5.31. The van der Waals surface area contributed by atoms with Crippen LogP contribution < -0.4 is 4.18 Å². The fraction of sp³-hybridized carbons (Fsp3) is 0. The summed E-state index contributed by atoms with van der Waals surface area (Å²) in [5.41, 5.74) is 0.151. The zero-order valence-electron chi connectivity index (χ0n) is 10.7. The van der Waals surface area contributed by atoms with Crippen LogP contribution in [0.15, 0.2) is 47.4 Å². The Balaban J connectivity index is 2.09. The maximum Gasteiger partial charge on any atom is 0.341 e. The Morgan fingerprint density at radius 2 is 1.86 bits per heavy atom. The van der Waals surface area contributed by atoms with E-state index in [0.29, 0.717) is 5.52 Å². The molecule has 0 radical (unpaired) electrons. The molecule has 10 heteroatoms. The Kier molecular flexibility index (Phi) is 3.47. The van der Waals surface area contributed by atoms with Crippen LogP contribution in [0.25, 0.3) is 11.0 Å². The third-order valence-corrected chi connectivity index (χ3v) is 4.59. The van der Waals surface area contributed by atoms with Gasteiger partial charge in [-0.1, -0.05) is 18.2 Å². The molecular formula is C12H7N3O5S2. The lowest BCUT2D eigenvalue weighted by Gasteiger charge is -2.07. The Morgan fingerprint density at radius 1 is 1.09 bits per heavy atom. The van der Waals surface area contributed by atoms with Gasteiger partial charge in [-0.25, -0.2) is 0 Å². The van der Waals surface area contributed by atoms with Gasteiger partial charge < -0.3 is 4.18 Å². The predicted octanol–water partition coefficient (Wildman–Crippen LogP) is 2.37. The molecule has 112 valence electrons. The topological polar surface area (TPSA) is 112 Å². The predicted molar refractivity (Wildman–Crippen MR) is 78.3 cm³/mol. The number of rotatable bonds is 4. The SMILES string of the molecule is O=[N+]([O-])c1ccccc1OS(=O)(=O)c1cccc2nsnc12. The van der Waals surface area contributed by atoms with Crippen LogP contribution in [0.3, 0.4) is 0 Å². The number of fused-ring (bicyclic) bond motifs is 1. The molecule has 1 aromatic heterocycles. The maximum atomic E-state index is 12.4. The van der Waals surface area contributed by atoms with Crippen molar-refractivity contribution in [3.63, 3.8) is 0 Å². The number of hydrogen-bond acceptors (Lipinski definition) is 8. The van der Waals surface area contributed by atoms with E-state index in [1.807, 2.05) is 0 Å². The van der Waals surface area contributed by atoms with Crippen molar-refractivity contribution in [2.24, 2.45) is 0 Å². The minimum atomic E-state index is -4.27. The number of nitrogens with zero attached hydrogens (tertiary/aromatic N) is 3. The summed E-state index contributed by atoms with van der Waals surface area (Å²) in [4.78, 5) is 10.0. The minimum absolute atomic E-state index is 0.172. The highest BCUT2D eigenvalue weighted by Gasteiger charge is 2.25. The molecule has 0 aliphatic carbocycles. The molecule has 3 aromatic rings. The van der Waals surface area contributed by atoms with Crippen LogP contribution in [-0.4, -0.2) is 22.1 Å². The lowest BCUT2D eigenvalue weighted by Crippen LogP contribution is -2.11. The van der Waals surface area contributed by atoms with E-state index in [1.165, 1.54) is 30.3 Å². The van der Waals surface area contributed by atoms with Crippen LogP contribution >= 0.6 is 11.7 Å². The Morgan fingerprint density at radius 3 is 2.64 bits per heavy atom. The molecule has 8 nitrogen and oxygen atoms in total. The monoisotopic (exact) mass is 337 g/mol. The first-order chi connectivity index (χ1) is 10.5. The molecule has 0 N–H and O–H groups in total. The molecule has 1 heterocycles. The third-order valence-electron chi connectivity index (χ3n) is 2.78. The van der Waals surface area contributed by atoms with Gasteiger partial charge in [0, 0.05) is 6.07 Å². The molecular weight excluding hydrogens is 330 g/mol. The van der Waals surface area contributed by atoms with Crippen molar-refractivity contribution in [3.8, 4) is 5.75 Å². The van der Waals surface area contributed by atoms with Gasteiger partial charge in [0.15, 0.2) is 0 Å². The molecule has 0 amide bonds. The largest absolute Gasteiger partial charge is 0.372 e. The molecule has 0 saturated heterocycles. The summed E-state index contributed by atoms with van der Waals surface area (Å²) in [7, 11) is -4.27. The fourth-order valence-corrected chi connectivity index (χ4v) is 3.53. The van der Waals surface area contributed by atoms with Crippen molar-refractivity contribution >= 4 is 38.6 Å². The number of hydrogen-bond donors (Lipinski definition) is 0. The Labute approximate surface area is 128 Å². The molecule has 0 unspecified atom stereocenters. The summed E-state index contributed by atoms with van der Waals surface area (Å²) in [5, 5.41) is 10.9. The summed E-state index contributed by atoms with van der Waals surface area (Å²) in [6.45, 7) is 0. The molecule has 3 rings (SSSR count). The zero-order chi connectivity index (χ0) is 15.7. The first-order valence-electron chi connectivity index (χ1n) is 5.88. The molecule has 22 heavy (non-hydrogen) atoms. The van der Waals surface area contributed by atoms with E-state index in [9.17, 15) is 18.5 Å². The van der Waals surface area contributed by atoms with E-state index >= 15 is 0 Å². The quantitative estimate of drug-likeness (QED) is 0.408. The van der Waals surface area contributed by atoms with Gasteiger partial charge in [0.05, 0.1) is 16.7 Å². The summed E-state index contributed by atoms with van der Waals surface area (Å²) in [5.74, 6) is -0.354. The van der Waals surface area contributed by atoms with E-state index in [0.717, 1.165) is 17.8 Å². The van der Waals surface area contributed by atoms with Crippen LogP contribution in [0, 0.1) is 10.1 Å². The van der Waals surface area contributed by atoms with Crippen LogP contribution in [0.1, 0.15) is 0 Å². The van der Waals surface area contributed by atoms with Gasteiger partial charge in [-0.3, -0.25) is 10.1 Å². The number of nitro benzene ring substituents is 1. The Bertz CT molecular complexity index is 968. The van der Waals surface area contributed by atoms with Crippen molar-refractivity contribution in [1.29, 1.82) is 0 Å². The summed E-state index contributed by atoms with van der Waals surface area (Å²) in [6, 6.07) is 9.67. The van der Waals surface area contributed by atoms with Crippen LogP contribution in [0.2, 0.25) is 0 Å². The zero-order valence-corrected chi connectivity index (χ0v) is 12.4. The summed E-state index contributed by atoms with van der Waals surface area (Å²) >= 11 is 0.869. The van der Waals surface area contributed by atoms with Crippen molar-refractivity contribution in [1.82, 2.24) is 8.75 Å². The summed E-state index contributed by atoms with van der Waals surface area (Å²) < 4.78 is 37.6. The summed E-state index contributed by atoms with van der Waals surface area (Å²) in [6.07, 6.45) is 0. The van der Waals surface area contributed by atoms with Gasteiger partial charge in [-0.05, 0) is 18.2 Å². The fourth-order valence-electron chi connectivity index (χ4n) is 1.82. The van der Waals surface area contributed by atoms with E-state index in [1.54, 1.807) is 6.07 Å². The van der Waals surface area contributed by atoms with Crippen molar-refractivity contribution in [2.75, 3.05) is 0 Å². The number of para-hydroxylation sites is 2. The number of aromatic nitrogens is 2. The average molecular weight is 337 g/mol. The lowest BCUT2D eigenvalue weighted by atomic mass is 10.3. The van der Waals surface area contributed by atoms with Crippen molar-refractivity contribution in [2.45, 2.75) is 4.90 Å². The molecule has 0 fully saturated rings. The second-order valence-corrected chi connectivity index (χ2v) is 6.19. The van der Waals surface area contributed by atoms with Gasteiger partial charge in [0.2, 0.25) is 5.75 Å². The van der Waals surface area contributed by atoms with Crippen LogP contribution in [-0.2, 0) is 10.1 Å². The molecule has 0 spiro atoms. The van der Waals surface area contributed by atoms with Crippen molar-refractivity contribution < 1.29 is 17.5 Å². The van der Waals surface area contributed by atoms with Crippen LogP contribution in [0.4, 0.5) is 5.69 Å². The van der Waals surface area contributed by atoms with Crippen LogP contribution in [0.5, 0.6) is 5.75 Å². The lowest BCUT2D eigenvalue weighted by molar-refractivity contribution is -0.385. The molecule has 0 bridgehead atoms. The van der Waals surface area contributed by atoms with E-state index < -0.39 is 20.7 Å². The molecule has 2 aromatic carbocycles. The van der Waals surface area contributed by atoms with E-state index in [-0.39, 0.29) is 16.2 Å². The second-order valence-electron chi connectivity index (χ2n) is 4.15. The minimum Gasteiger partial charge on any atom is -0.372 e. The van der Waals surface area contributed by atoms with Gasteiger partial charge in [-0.2, -0.15) is 17.2 Å². The van der Waals surface area contributed by atoms with E-state index in [2.05, 4.69) is 8.75 Å². The Hall–Kier alpha value is -2.59. The first-order valence-corrected chi connectivity index (χ1v) is 8.02. The third kappa shape index (κ3) is 2.49. The standard InChI is InChI=1S/C12H7N3O5S2/c16-15(17)9-5-1-2-6-10(9)20-22(18,19)11-7-3-4-8-12(11)14-21-13-8/h1-7H. The highest BCUT2D eigenvalue weighted by molar-refractivity contribution is 7.87. The van der Waals surface area contributed by atoms with Gasteiger partial charge in [-0.15, -0.1) is 0 Å². The van der Waals surface area contributed by atoms with E-state index in [4.69, 9.17) is 4.18 Å². The van der Waals surface area contributed by atoms with Gasteiger partial charge in [0.1, 0.15) is 15.9 Å². The molecule has 0 aliphatic rings. The number of benzene rings is 2. The number of nitro groups is 1. The van der Waals surface area contributed by atoms with Gasteiger partial charge in [0.25, 0.3) is 0 Å². The first kappa shape index (κ1) is 14.4. The normalized spacial score (nSPS) is 11.5.